The van der Waals surface area contributed by atoms with Crippen LogP contribution in [0.3, 0.4) is 0 Å². The summed E-state index contributed by atoms with van der Waals surface area (Å²) < 4.78 is 5.13. The van der Waals surface area contributed by atoms with Crippen molar-refractivity contribution in [2.45, 2.75) is 6.54 Å². The molecule has 0 atom stereocenters. The molecule has 0 saturated carbocycles. The molecule has 1 heterocycles. The second-order valence-electron chi connectivity index (χ2n) is 6.80. The normalized spacial score (nSPS) is 10.4. The molecule has 0 radical (unpaired) electrons. The van der Waals surface area contributed by atoms with Crippen LogP contribution in [0.2, 0.25) is 0 Å². The van der Waals surface area contributed by atoms with Crippen molar-refractivity contribution < 1.29 is 9.53 Å². The van der Waals surface area contributed by atoms with Crippen molar-refractivity contribution in [1.29, 1.82) is 5.26 Å². The molecule has 0 fully saturated rings. The number of nitrogens with zero attached hydrogens (tertiary/aromatic N) is 2. The highest BCUT2D eigenvalue weighted by molar-refractivity contribution is 5.99. The predicted molar refractivity (Wildman–Crippen MR) is 116 cm³/mol. The molecule has 4 aromatic rings. The largest absolute Gasteiger partial charge is 0.481 e. The highest BCUT2D eigenvalue weighted by Gasteiger charge is 2.11. The van der Waals surface area contributed by atoms with Crippen LogP contribution in [0, 0.1) is 11.3 Å². The minimum absolute atomic E-state index is 0.205. The zero-order valence-electron chi connectivity index (χ0n) is 16.4. The van der Waals surface area contributed by atoms with Gasteiger partial charge >= 0.3 is 0 Å². The van der Waals surface area contributed by atoms with Crippen molar-refractivity contribution in [2.75, 3.05) is 7.11 Å². The Bertz CT molecular complexity index is 1240. The summed E-state index contributed by atoms with van der Waals surface area (Å²) in [5.41, 5.74) is 4.80. The Kier molecular flexibility index (Phi) is 5.40. The van der Waals surface area contributed by atoms with Crippen LogP contribution in [0.15, 0.2) is 78.9 Å². The van der Waals surface area contributed by atoms with Crippen LogP contribution in [-0.4, -0.2) is 18.0 Å². The Hall–Kier alpha value is -4.17. The SMILES string of the molecule is COc1cc(C#N)c2cc(C(=O)NCc3ccc(-c4ccccc4)cc3)ccc2n1. The monoisotopic (exact) mass is 393 g/mol. The third kappa shape index (κ3) is 3.98. The molecule has 0 aliphatic carbocycles. The van der Waals surface area contributed by atoms with Crippen LogP contribution in [-0.2, 0) is 6.54 Å². The lowest BCUT2D eigenvalue weighted by atomic mass is 10.0. The van der Waals surface area contributed by atoms with Crippen LogP contribution >= 0.6 is 0 Å². The highest BCUT2D eigenvalue weighted by atomic mass is 16.5. The van der Waals surface area contributed by atoms with Gasteiger partial charge in [-0.2, -0.15) is 5.26 Å². The van der Waals surface area contributed by atoms with Crippen molar-refractivity contribution in [3.63, 3.8) is 0 Å². The molecule has 0 aliphatic rings. The van der Waals surface area contributed by atoms with E-state index in [1.807, 2.05) is 42.5 Å². The minimum atomic E-state index is -0.205. The smallest absolute Gasteiger partial charge is 0.251 e. The Labute approximate surface area is 174 Å². The van der Waals surface area contributed by atoms with E-state index < -0.39 is 0 Å². The molecule has 0 saturated heterocycles. The van der Waals surface area contributed by atoms with Crippen molar-refractivity contribution in [2.24, 2.45) is 0 Å². The van der Waals surface area contributed by atoms with Gasteiger partial charge in [0.15, 0.2) is 0 Å². The van der Waals surface area contributed by atoms with E-state index in [0.717, 1.165) is 16.7 Å². The average Bonchev–Trinajstić information content (AvgIpc) is 2.82. The number of nitriles is 1. The molecule has 1 aromatic heterocycles. The van der Waals surface area contributed by atoms with Gasteiger partial charge in [0.2, 0.25) is 5.88 Å². The number of pyridine rings is 1. The van der Waals surface area contributed by atoms with Gasteiger partial charge in [0.05, 0.1) is 18.2 Å². The predicted octanol–water partition coefficient (Wildman–Crippen LogP) is 4.71. The number of hydrogen-bond acceptors (Lipinski definition) is 4. The Balaban J connectivity index is 1.49. The number of hydrogen-bond donors (Lipinski definition) is 1. The number of fused-ring (bicyclic) bond motifs is 1. The molecule has 1 N–H and O–H groups in total. The first kappa shape index (κ1) is 19.2. The third-order valence-electron chi connectivity index (χ3n) is 4.89. The fraction of sp³-hybridized carbons (Fsp3) is 0.0800. The van der Waals surface area contributed by atoms with Crippen molar-refractivity contribution in [3.8, 4) is 23.1 Å². The van der Waals surface area contributed by atoms with Gasteiger partial charge in [0.1, 0.15) is 6.07 Å². The van der Waals surface area contributed by atoms with E-state index in [-0.39, 0.29) is 5.91 Å². The lowest BCUT2D eigenvalue weighted by Crippen LogP contribution is -2.22. The number of benzene rings is 3. The second kappa shape index (κ2) is 8.46. The fourth-order valence-corrected chi connectivity index (χ4v) is 3.27. The zero-order chi connectivity index (χ0) is 20.9. The number of nitrogens with one attached hydrogen (secondary N) is 1. The summed E-state index contributed by atoms with van der Waals surface area (Å²) in [7, 11) is 1.50. The van der Waals surface area contributed by atoms with E-state index in [1.54, 1.807) is 24.3 Å². The quantitative estimate of drug-likeness (QED) is 0.533. The van der Waals surface area contributed by atoms with Crippen molar-refractivity contribution >= 4 is 16.8 Å². The van der Waals surface area contributed by atoms with Gasteiger partial charge < -0.3 is 10.1 Å². The maximum Gasteiger partial charge on any atom is 0.251 e. The average molecular weight is 393 g/mol. The number of carbonyl (C=O) groups is 1. The third-order valence-corrected chi connectivity index (χ3v) is 4.89. The van der Waals surface area contributed by atoms with E-state index in [4.69, 9.17) is 4.74 Å². The van der Waals surface area contributed by atoms with Crippen LogP contribution in [0.4, 0.5) is 0 Å². The summed E-state index contributed by atoms with van der Waals surface area (Å²) in [6.45, 7) is 0.415. The molecule has 0 bridgehead atoms. The number of rotatable bonds is 5. The lowest BCUT2D eigenvalue weighted by Gasteiger charge is -2.09. The maximum absolute atomic E-state index is 12.6. The van der Waals surface area contributed by atoms with E-state index in [2.05, 4.69) is 28.5 Å². The molecule has 146 valence electrons. The van der Waals surface area contributed by atoms with E-state index in [1.165, 1.54) is 7.11 Å². The topological polar surface area (TPSA) is 75.0 Å². The summed E-state index contributed by atoms with van der Waals surface area (Å²) >= 11 is 0. The summed E-state index contributed by atoms with van der Waals surface area (Å²) in [5.74, 6) is 0.166. The van der Waals surface area contributed by atoms with E-state index >= 15 is 0 Å². The molecule has 5 nitrogen and oxygen atoms in total. The van der Waals surface area contributed by atoms with Crippen molar-refractivity contribution in [1.82, 2.24) is 10.3 Å². The van der Waals surface area contributed by atoms with Gasteiger partial charge in [0, 0.05) is 23.6 Å². The Morgan fingerprint density at radius 2 is 1.73 bits per heavy atom. The van der Waals surface area contributed by atoms with Gasteiger partial charge in [-0.1, -0.05) is 54.6 Å². The molecule has 5 heteroatoms. The molecule has 4 rings (SSSR count). The van der Waals surface area contributed by atoms with Gasteiger partial charge in [-0.15, -0.1) is 0 Å². The van der Waals surface area contributed by atoms with Crippen LogP contribution in [0.25, 0.3) is 22.0 Å². The van der Waals surface area contributed by atoms with Crippen LogP contribution in [0.1, 0.15) is 21.5 Å². The molecule has 30 heavy (non-hydrogen) atoms. The zero-order valence-corrected chi connectivity index (χ0v) is 16.4. The van der Waals surface area contributed by atoms with Gasteiger partial charge in [0.25, 0.3) is 5.91 Å². The molecule has 0 spiro atoms. The number of aromatic nitrogens is 1. The maximum atomic E-state index is 12.6. The summed E-state index contributed by atoms with van der Waals surface area (Å²) in [6, 6.07) is 27.1. The standard InChI is InChI=1S/C25H19N3O2/c1-30-24-14-21(15-26)22-13-20(11-12-23(22)28-24)25(29)27-16-17-7-9-19(10-8-17)18-5-3-2-4-6-18/h2-14H,16H2,1H3,(H,27,29). The second-order valence-corrected chi connectivity index (χ2v) is 6.80. The molecule has 0 unspecified atom stereocenters. The fourth-order valence-electron chi connectivity index (χ4n) is 3.27. The highest BCUT2D eigenvalue weighted by Crippen LogP contribution is 2.23. The van der Waals surface area contributed by atoms with Crippen molar-refractivity contribution in [3.05, 3.63) is 95.6 Å². The summed E-state index contributed by atoms with van der Waals surface area (Å²) in [6.07, 6.45) is 0. The molecular weight excluding hydrogens is 374 g/mol. The first-order valence-electron chi connectivity index (χ1n) is 9.49. The molecular formula is C25H19N3O2. The molecule has 0 aliphatic heterocycles. The van der Waals surface area contributed by atoms with E-state index in [0.29, 0.717) is 34.5 Å². The first-order valence-corrected chi connectivity index (χ1v) is 9.49. The Morgan fingerprint density at radius 1 is 1.00 bits per heavy atom. The Morgan fingerprint density at radius 3 is 2.43 bits per heavy atom. The number of carbonyl (C=O) groups excluding carboxylic acids is 1. The van der Waals surface area contributed by atoms with E-state index in [9.17, 15) is 10.1 Å². The summed E-state index contributed by atoms with van der Waals surface area (Å²) in [4.78, 5) is 17.0. The summed E-state index contributed by atoms with van der Waals surface area (Å²) in [5, 5.41) is 13.0. The van der Waals surface area contributed by atoms with Gasteiger partial charge in [-0.25, -0.2) is 4.98 Å². The number of methoxy groups -OCH3 is 1. The van der Waals surface area contributed by atoms with Gasteiger partial charge in [-0.05, 0) is 34.9 Å². The first-order chi connectivity index (χ1) is 14.7. The van der Waals surface area contributed by atoms with Crippen LogP contribution in [0.5, 0.6) is 5.88 Å². The molecule has 3 aromatic carbocycles. The number of amides is 1. The van der Waals surface area contributed by atoms with Gasteiger partial charge in [-0.3, -0.25) is 4.79 Å². The van der Waals surface area contributed by atoms with Crippen LogP contribution < -0.4 is 10.1 Å². The minimum Gasteiger partial charge on any atom is -0.481 e. The molecule has 1 amide bonds. The lowest BCUT2D eigenvalue weighted by molar-refractivity contribution is 0.0951. The number of ether oxygens (including phenoxy) is 1.